The summed E-state index contributed by atoms with van der Waals surface area (Å²) < 4.78 is 0. The second-order valence-corrected chi connectivity index (χ2v) is 8.11. The number of aliphatic hydroxyl groups is 1. The fourth-order valence-electron chi connectivity index (χ4n) is 3.96. The quantitative estimate of drug-likeness (QED) is 0.322. The van der Waals surface area contributed by atoms with Crippen molar-refractivity contribution in [2.24, 2.45) is 0 Å². The maximum absolute atomic E-state index is 12.1. The Morgan fingerprint density at radius 3 is 1.88 bits per heavy atom. The van der Waals surface area contributed by atoms with Gasteiger partial charge in [-0.05, 0) is 58.7 Å². The molecule has 0 unspecified atom stereocenters. The summed E-state index contributed by atoms with van der Waals surface area (Å²) in [4.78, 5) is 12.8. The molecule has 0 atom stereocenters. The lowest BCUT2D eigenvalue weighted by Crippen LogP contribution is -2.29. The van der Waals surface area contributed by atoms with Crippen LogP contribution in [-0.4, -0.2) is 20.1 Å². The number of halogens is 2. The highest BCUT2D eigenvalue weighted by molar-refractivity contribution is 6.42. The van der Waals surface area contributed by atoms with Crippen LogP contribution in [0.15, 0.2) is 97.6 Å². The first-order valence-electron chi connectivity index (χ1n) is 9.97. The molecule has 1 N–H and O–H groups in total. The molecule has 5 aromatic rings. The van der Waals surface area contributed by atoms with Crippen LogP contribution < -0.4 is 0 Å². The predicted octanol–water partition coefficient (Wildman–Crippen LogP) is 6.28. The van der Waals surface area contributed by atoms with Crippen molar-refractivity contribution in [1.82, 2.24) is 15.0 Å². The first kappa shape index (κ1) is 20.6. The molecule has 3 aromatic heterocycles. The van der Waals surface area contributed by atoms with Gasteiger partial charge in [-0.1, -0.05) is 59.6 Å². The minimum Gasteiger partial charge on any atom is -0.376 e. The second-order valence-electron chi connectivity index (χ2n) is 7.37. The van der Waals surface area contributed by atoms with E-state index in [1.54, 1.807) is 49.1 Å². The maximum Gasteiger partial charge on any atom is 0.140 e. The van der Waals surface area contributed by atoms with E-state index in [-0.39, 0.29) is 0 Å². The Labute approximate surface area is 195 Å². The van der Waals surface area contributed by atoms with Crippen molar-refractivity contribution in [2.45, 2.75) is 5.60 Å². The van der Waals surface area contributed by atoms with Crippen molar-refractivity contribution in [3.8, 4) is 11.1 Å². The molecule has 0 saturated heterocycles. The van der Waals surface area contributed by atoms with E-state index in [9.17, 15) is 5.11 Å². The number of aromatic nitrogens is 3. The zero-order valence-corrected chi connectivity index (χ0v) is 18.3. The van der Waals surface area contributed by atoms with Gasteiger partial charge in [-0.2, -0.15) is 0 Å². The van der Waals surface area contributed by atoms with Crippen LogP contribution in [0.5, 0.6) is 0 Å². The normalized spacial score (nSPS) is 11.6. The lowest BCUT2D eigenvalue weighted by atomic mass is 9.80. The van der Waals surface area contributed by atoms with Gasteiger partial charge in [0.25, 0.3) is 0 Å². The van der Waals surface area contributed by atoms with Gasteiger partial charge in [-0.3, -0.25) is 9.97 Å². The van der Waals surface area contributed by atoms with Gasteiger partial charge in [0, 0.05) is 35.7 Å². The molecule has 0 radical (unpaired) electrons. The van der Waals surface area contributed by atoms with E-state index in [1.807, 2.05) is 48.5 Å². The molecular formula is C26H17Cl2N3O. The van der Waals surface area contributed by atoms with Crippen molar-refractivity contribution < 1.29 is 5.11 Å². The van der Waals surface area contributed by atoms with Crippen LogP contribution in [0.2, 0.25) is 10.2 Å². The van der Waals surface area contributed by atoms with Crippen LogP contribution in [0.4, 0.5) is 0 Å². The summed E-state index contributed by atoms with van der Waals surface area (Å²) in [5.41, 5.74) is 2.76. The van der Waals surface area contributed by atoms with Crippen LogP contribution >= 0.6 is 23.2 Å². The van der Waals surface area contributed by atoms with Crippen LogP contribution in [-0.2, 0) is 5.60 Å². The molecule has 0 fully saturated rings. The zero-order chi connectivity index (χ0) is 22.1. The smallest absolute Gasteiger partial charge is 0.140 e. The molecule has 0 aliphatic rings. The number of nitrogens with zero attached hydrogens (tertiary/aromatic N) is 3. The molecule has 32 heavy (non-hydrogen) atoms. The van der Waals surface area contributed by atoms with Gasteiger partial charge < -0.3 is 5.11 Å². The summed E-state index contributed by atoms with van der Waals surface area (Å²) in [5, 5.41) is 13.6. The SMILES string of the molecule is OC(c1ccncc1)(c1ccncc1)c1ccc2nc(Cl)c(-c3ccccc3)c(Cl)c2c1. The Morgan fingerprint density at radius 1 is 0.688 bits per heavy atom. The highest BCUT2D eigenvalue weighted by Crippen LogP contribution is 2.42. The van der Waals surface area contributed by atoms with Gasteiger partial charge in [0.2, 0.25) is 0 Å². The molecule has 5 rings (SSSR count). The lowest BCUT2D eigenvalue weighted by molar-refractivity contribution is 0.125. The minimum absolute atomic E-state index is 0.333. The Bertz CT molecular complexity index is 1360. The van der Waals surface area contributed by atoms with Crippen molar-refractivity contribution >= 4 is 34.1 Å². The third kappa shape index (κ3) is 3.43. The largest absolute Gasteiger partial charge is 0.376 e. The number of benzene rings is 2. The average molecular weight is 458 g/mol. The molecule has 4 nitrogen and oxygen atoms in total. The third-order valence-corrected chi connectivity index (χ3v) is 6.22. The van der Waals surface area contributed by atoms with Crippen LogP contribution in [0.25, 0.3) is 22.0 Å². The fourth-order valence-corrected chi connectivity index (χ4v) is 4.65. The summed E-state index contributed by atoms with van der Waals surface area (Å²) in [6.07, 6.45) is 6.63. The topological polar surface area (TPSA) is 58.9 Å². The molecule has 0 saturated carbocycles. The monoisotopic (exact) mass is 457 g/mol. The van der Waals surface area contributed by atoms with Gasteiger partial charge in [-0.25, -0.2) is 4.98 Å². The molecular weight excluding hydrogens is 441 g/mol. The van der Waals surface area contributed by atoms with E-state index in [2.05, 4.69) is 15.0 Å². The summed E-state index contributed by atoms with van der Waals surface area (Å²) in [7, 11) is 0. The Balaban J connectivity index is 1.78. The average Bonchev–Trinajstić information content (AvgIpc) is 2.85. The summed E-state index contributed by atoms with van der Waals surface area (Å²) in [6.45, 7) is 0. The van der Waals surface area contributed by atoms with E-state index in [0.717, 1.165) is 5.56 Å². The van der Waals surface area contributed by atoms with Crippen molar-refractivity contribution in [1.29, 1.82) is 0 Å². The Kier molecular flexibility index (Phi) is 5.35. The van der Waals surface area contributed by atoms with Crippen LogP contribution in [0.3, 0.4) is 0 Å². The number of rotatable bonds is 4. The van der Waals surface area contributed by atoms with Crippen molar-refractivity contribution in [3.63, 3.8) is 0 Å². The third-order valence-electron chi connectivity index (χ3n) is 5.55. The number of pyridine rings is 3. The Morgan fingerprint density at radius 2 is 1.28 bits per heavy atom. The molecule has 0 bridgehead atoms. The Hall–Kier alpha value is -3.31. The molecule has 6 heteroatoms. The minimum atomic E-state index is -1.43. The highest BCUT2D eigenvalue weighted by atomic mass is 35.5. The molecule has 2 aromatic carbocycles. The van der Waals surface area contributed by atoms with E-state index in [1.165, 1.54) is 0 Å². The predicted molar refractivity (Wildman–Crippen MR) is 128 cm³/mol. The maximum atomic E-state index is 12.1. The van der Waals surface area contributed by atoms with Gasteiger partial charge in [0.15, 0.2) is 0 Å². The number of hydrogen-bond donors (Lipinski definition) is 1. The molecule has 0 amide bonds. The van der Waals surface area contributed by atoms with E-state index in [0.29, 0.717) is 43.3 Å². The van der Waals surface area contributed by atoms with Crippen LogP contribution in [0.1, 0.15) is 16.7 Å². The molecule has 3 heterocycles. The standard InChI is InChI=1S/C26H17Cl2N3O/c27-24-21-16-20(6-7-22(21)31-25(28)23(24)17-4-2-1-3-5-17)26(32,18-8-12-29-13-9-18)19-10-14-30-15-11-19/h1-16,32H. The zero-order valence-electron chi connectivity index (χ0n) is 16.8. The van der Waals surface area contributed by atoms with Gasteiger partial charge in [0.1, 0.15) is 10.8 Å². The first-order chi connectivity index (χ1) is 15.6. The summed E-state index contributed by atoms with van der Waals surface area (Å²) >= 11 is 13.4. The van der Waals surface area contributed by atoms with Gasteiger partial charge in [0.05, 0.1) is 10.5 Å². The van der Waals surface area contributed by atoms with Crippen molar-refractivity contribution in [3.05, 3.63) is 124 Å². The number of hydrogen-bond acceptors (Lipinski definition) is 4. The van der Waals surface area contributed by atoms with Crippen molar-refractivity contribution in [2.75, 3.05) is 0 Å². The fraction of sp³-hybridized carbons (Fsp3) is 0.0385. The number of fused-ring (bicyclic) bond motifs is 1. The van der Waals surface area contributed by atoms with E-state index in [4.69, 9.17) is 23.2 Å². The summed E-state index contributed by atoms with van der Waals surface area (Å²) in [5.74, 6) is 0. The molecule has 0 aliphatic carbocycles. The second kappa shape index (κ2) is 8.32. The molecule has 0 spiro atoms. The van der Waals surface area contributed by atoms with E-state index >= 15 is 0 Å². The van der Waals surface area contributed by atoms with Gasteiger partial charge in [-0.15, -0.1) is 0 Å². The van der Waals surface area contributed by atoms with E-state index < -0.39 is 5.60 Å². The summed E-state index contributed by atoms with van der Waals surface area (Å²) in [6, 6.07) is 22.4. The first-order valence-corrected chi connectivity index (χ1v) is 10.7. The van der Waals surface area contributed by atoms with Crippen LogP contribution in [0, 0.1) is 0 Å². The van der Waals surface area contributed by atoms with Gasteiger partial charge >= 0.3 is 0 Å². The lowest BCUT2D eigenvalue weighted by Gasteiger charge is -2.30. The molecule has 156 valence electrons. The highest BCUT2D eigenvalue weighted by Gasteiger charge is 2.34. The molecule has 0 aliphatic heterocycles.